The maximum Gasteiger partial charge on any atom is 0.415 e. The lowest BCUT2D eigenvalue weighted by atomic mass is 9.71. The predicted octanol–water partition coefficient (Wildman–Crippen LogP) is 5.41. The first-order valence-corrected chi connectivity index (χ1v) is 14.2. The number of carbonyl (C=O) groups is 2. The van der Waals surface area contributed by atoms with E-state index in [9.17, 15) is 14.0 Å². The van der Waals surface area contributed by atoms with Crippen molar-refractivity contribution in [2.75, 3.05) is 19.7 Å². The number of hydrogen-bond acceptors (Lipinski definition) is 8. The molecule has 3 aliphatic rings. The topological polar surface area (TPSA) is 112 Å². The van der Waals surface area contributed by atoms with Crippen LogP contribution in [0.1, 0.15) is 38.3 Å². The van der Waals surface area contributed by atoms with E-state index >= 15 is 0 Å². The quantitative estimate of drug-likeness (QED) is 0.407. The summed E-state index contributed by atoms with van der Waals surface area (Å²) in [5.74, 6) is -0.375. The largest absolute Gasteiger partial charge is 0.490 e. The summed E-state index contributed by atoms with van der Waals surface area (Å²) in [4.78, 5) is 36.2. The third kappa shape index (κ3) is 5.84. The van der Waals surface area contributed by atoms with Crippen molar-refractivity contribution in [2.45, 2.75) is 51.0 Å². The highest BCUT2D eigenvalue weighted by molar-refractivity contribution is 5.92. The summed E-state index contributed by atoms with van der Waals surface area (Å²) in [6.45, 7) is 6.22. The monoisotopic (exact) mass is 588 g/mol. The van der Waals surface area contributed by atoms with Gasteiger partial charge in [-0.2, -0.15) is 4.39 Å². The molecule has 2 amide bonds. The summed E-state index contributed by atoms with van der Waals surface area (Å²) < 4.78 is 38.2. The van der Waals surface area contributed by atoms with Crippen molar-refractivity contribution in [2.24, 2.45) is 10.9 Å². The van der Waals surface area contributed by atoms with Crippen molar-refractivity contribution in [3.8, 4) is 16.9 Å². The highest BCUT2D eigenvalue weighted by Gasteiger charge is 2.56. The van der Waals surface area contributed by atoms with Gasteiger partial charge in [0.05, 0.1) is 0 Å². The second-order valence-corrected chi connectivity index (χ2v) is 11.8. The van der Waals surface area contributed by atoms with Gasteiger partial charge in [0.1, 0.15) is 36.2 Å². The van der Waals surface area contributed by atoms with Crippen LogP contribution in [-0.2, 0) is 26.4 Å². The number of fused-ring (bicyclic) bond motifs is 4. The molecule has 1 spiro atoms. The van der Waals surface area contributed by atoms with E-state index in [4.69, 9.17) is 23.9 Å². The SMILES string of the molecule is CC(C)(C)OC(=O)NC1=NC2(CO1)c1cc(-c3cccnc3F)ccc1OC1CCN(C(=O)OCc3ccccc3)CC12. The number of ether oxygens (including phenoxy) is 4. The average molecular weight is 589 g/mol. The Bertz CT molecular complexity index is 1560. The summed E-state index contributed by atoms with van der Waals surface area (Å²) in [6, 6.07) is 18.2. The van der Waals surface area contributed by atoms with Gasteiger partial charge in [-0.15, -0.1) is 0 Å². The Hall–Kier alpha value is -4.67. The van der Waals surface area contributed by atoms with Gasteiger partial charge in [0.2, 0.25) is 5.95 Å². The second-order valence-electron chi connectivity index (χ2n) is 11.8. The van der Waals surface area contributed by atoms with Crippen molar-refractivity contribution >= 4 is 18.2 Å². The summed E-state index contributed by atoms with van der Waals surface area (Å²) >= 11 is 0. The highest BCUT2D eigenvalue weighted by atomic mass is 19.1. The normalized spacial score (nSPS) is 22.4. The lowest BCUT2D eigenvalue weighted by Gasteiger charge is -2.48. The minimum Gasteiger partial charge on any atom is -0.490 e. The molecule has 1 saturated heterocycles. The number of amidine groups is 1. The average Bonchev–Trinajstić information content (AvgIpc) is 3.39. The number of alkyl carbamates (subject to hydrolysis) is 1. The molecule has 0 aliphatic carbocycles. The van der Waals surface area contributed by atoms with Crippen LogP contribution in [0.5, 0.6) is 5.75 Å². The van der Waals surface area contributed by atoms with Crippen LogP contribution in [0.15, 0.2) is 71.9 Å². The molecule has 6 rings (SSSR count). The first kappa shape index (κ1) is 28.4. The van der Waals surface area contributed by atoms with Crippen LogP contribution in [0.2, 0.25) is 0 Å². The maximum atomic E-state index is 14.7. The number of carbonyl (C=O) groups excluding carboxylic acids is 2. The molecule has 0 radical (unpaired) electrons. The zero-order chi connectivity index (χ0) is 30.2. The van der Waals surface area contributed by atoms with Crippen LogP contribution < -0.4 is 10.1 Å². The van der Waals surface area contributed by atoms with E-state index in [2.05, 4.69) is 10.3 Å². The number of amides is 2. The lowest BCUT2D eigenvalue weighted by molar-refractivity contribution is -0.0235. The number of aromatic nitrogens is 1. The molecule has 10 nitrogen and oxygen atoms in total. The Kier molecular flexibility index (Phi) is 7.41. The highest BCUT2D eigenvalue weighted by Crippen LogP contribution is 2.51. The van der Waals surface area contributed by atoms with E-state index < -0.39 is 29.3 Å². The molecule has 1 N–H and O–H groups in total. The number of rotatable bonds is 3. The summed E-state index contributed by atoms with van der Waals surface area (Å²) in [5.41, 5.74) is 0.699. The molecule has 11 heteroatoms. The van der Waals surface area contributed by atoms with Crippen molar-refractivity contribution in [3.05, 3.63) is 83.9 Å². The predicted molar refractivity (Wildman–Crippen MR) is 155 cm³/mol. The molecule has 3 atom stereocenters. The number of benzene rings is 2. The van der Waals surface area contributed by atoms with Crippen LogP contribution in [0.25, 0.3) is 11.1 Å². The van der Waals surface area contributed by atoms with Gasteiger partial charge in [0.15, 0.2) is 0 Å². The van der Waals surface area contributed by atoms with Gasteiger partial charge in [-0.25, -0.2) is 24.9 Å². The van der Waals surface area contributed by atoms with Gasteiger partial charge in [-0.05, 0) is 56.2 Å². The van der Waals surface area contributed by atoms with Crippen LogP contribution in [0.3, 0.4) is 0 Å². The van der Waals surface area contributed by atoms with Crippen molar-refractivity contribution in [3.63, 3.8) is 0 Å². The number of piperidine rings is 1. The van der Waals surface area contributed by atoms with Crippen molar-refractivity contribution in [1.82, 2.24) is 15.2 Å². The lowest BCUT2D eigenvalue weighted by Crippen LogP contribution is -2.58. The van der Waals surface area contributed by atoms with E-state index in [1.165, 1.54) is 6.20 Å². The Morgan fingerprint density at radius 1 is 1.14 bits per heavy atom. The van der Waals surface area contributed by atoms with E-state index in [0.717, 1.165) is 5.56 Å². The zero-order valence-corrected chi connectivity index (χ0v) is 24.2. The first-order chi connectivity index (χ1) is 20.6. The first-order valence-electron chi connectivity index (χ1n) is 14.2. The molecule has 43 heavy (non-hydrogen) atoms. The van der Waals surface area contributed by atoms with Gasteiger partial charge in [-0.1, -0.05) is 36.4 Å². The molecule has 3 unspecified atom stereocenters. The van der Waals surface area contributed by atoms with E-state index in [1.807, 2.05) is 36.4 Å². The number of aliphatic imine (C=N–C) groups is 1. The fourth-order valence-corrected chi connectivity index (χ4v) is 5.82. The molecule has 1 aromatic heterocycles. The minimum absolute atomic E-state index is 0.00240. The molecular weight excluding hydrogens is 555 g/mol. The Balaban J connectivity index is 1.34. The molecular formula is C32H33FN4O6. The van der Waals surface area contributed by atoms with Gasteiger partial charge in [0.25, 0.3) is 6.02 Å². The standard InChI is InChI=1S/C32H33FN4O6/c1-31(2,3)43-29(38)35-28-36-32(19-41-28)23-16-21(22-10-7-14-34-27(22)33)11-12-25(23)42-26-13-15-37(17-24(26)32)30(39)40-18-20-8-5-4-6-9-20/h4-12,14,16,24,26H,13,15,17-19H2,1-3H3,(H,35,36,38). The second kappa shape index (κ2) is 11.2. The molecule has 0 saturated carbocycles. The van der Waals surface area contributed by atoms with Crippen LogP contribution in [0, 0.1) is 11.9 Å². The number of nitrogens with zero attached hydrogens (tertiary/aromatic N) is 3. The number of likely N-dealkylation sites (tertiary alicyclic amines) is 1. The third-order valence-electron chi connectivity index (χ3n) is 7.76. The van der Waals surface area contributed by atoms with Gasteiger partial charge in [-0.3, -0.25) is 0 Å². The molecule has 0 bridgehead atoms. The summed E-state index contributed by atoms with van der Waals surface area (Å²) in [5, 5.41) is 2.61. The number of hydrogen-bond donors (Lipinski definition) is 1. The van der Waals surface area contributed by atoms with Crippen LogP contribution >= 0.6 is 0 Å². The zero-order valence-electron chi connectivity index (χ0n) is 24.2. The fraction of sp³-hybridized carbons (Fsp3) is 0.375. The van der Waals surface area contributed by atoms with Gasteiger partial charge >= 0.3 is 12.2 Å². The molecule has 224 valence electrons. The summed E-state index contributed by atoms with van der Waals surface area (Å²) in [7, 11) is 0. The van der Waals surface area contributed by atoms with Gasteiger partial charge < -0.3 is 23.8 Å². The van der Waals surface area contributed by atoms with Crippen LogP contribution in [-0.4, -0.2) is 59.5 Å². The number of nitrogens with one attached hydrogen (secondary N) is 1. The third-order valence-corrected chi connectivity index (χ3v) is 7.76. The number of pyridine rings is 1. The van der Waals surface area contributed by atoms with E-state index in [1.54, 1.807) is 49.9 Å². The molecule has 2 aromatic carbocycles. The molecule has 3 aliphatic heterocycles. The van der Waals surface area contributed by atoms with Crippen molar-refractivity contribution < 1.29 is 32.9 Å². The van der Waals surface area contributed by atoms with Crippen molar-refractivity contribution in [1.29, 1.82) is 0 Å². The van der Waals surface area contributed by atoms with E-state index in [-0.39, 0.29) is 37.8 Å². The Morgan fingerprint density at radius 2 is 1.95 bits per heavy atom. The van der Waals surface area contributed by atoms with Crippen LogP contribution in [0.4, 0.5) is 14.0 Å². The van der Waals surface area contributed by atoms with Gasteiger partial charge in [0, 0.05) is 42.8 Å². The Morgan fingerprint density at radius 3 is 2.72 bits per heavy atom. The molecule has 3 aromatic rings. The smallest absolute Gasteiger partial charge is 0.415 e. The summed E-state index contributed by atoms with van der Waals surface area (Å²) in [6.07, 6.45) is 0.497. The molecule has 1 fully saturated rings. The fourth-order valence-electron chi connectivity index (χ4n) is 5.82. The van der Waals surface area contributed by atoms with E-state index in [0.29, 0.717) is 35.4 Å². The molecule has 4 heterocycles. The Labute approximate surface area is 248 Å². The maximum absolute atomic E-state index is 14.7. The minimum atomic E-state index is -1.05. The number of halogens is 1.